The van der Waals surface area contributed by atoms with Crippen LogP contribution < -0.4 is 10.1 Å². The lowest BCUT2D eigenvalue weighted by molar-refractivity contribution is -0.384. The molecule has 178 valence electrons. The van der Waals surface area contributed by atoms with Crippen LogP contribution in [0, 0.1) is 15.9 Å². The summed E-state index contributed by atoms with van der Waals surface area (Å²) in [6.45, 7) is 1.94. The van der Waals surface area contributed by atoms with Crippen molar-refractivity contribution in [3.8, 4) is 17.1 Å². The first-order chi connectivity index (χ1) is 16.4. The predicted octanol–water partition coefficient (Wildman–Crippen LogP) is 4.00. The number of piperidine rings is 1. The van der Waals surface area contributed by atoms with Crippen LogP contribution in [0.3, 0.4) is 0 Å². The van der Waals surface area contributed by atoms with Crippen LogP contribution in [0.4, 0.5) is 15.8 Å². The highest BCUT2D eigenvalue weighted by Crippen LogP contribution is 2.30. The van der Waals surface area contributed by atoms with Crippen molar-refractivity contribution >= 4 is 17.3 Å². The van der Waals surface area contributed by atoms with E-state index in [9.17, 15) is 19.3 Å². The van der Waals surface area contributed by atoms with Gasteiger partial charge in [0.15, 0.2) is 0 Å². The van der Waals surface area contributed by atoms with Gasteiger partial charge in [0.05, 0.1) is 24.0 Å². The van der Waals surface area contributed by atoms with Gasteiger partial charge in [-0.3, -0.25) is 14.9 Å². The Morgan fingerprint density at radius 1 is 1.35 bits per heavy atom. The molecule has 0 bridgehead atoms. The molecule has 1 amide bonds. The molecule has 3 aromatic rings. The molecule has 0 radical (unpaired) electrons. The van der Waals surface area contributed by atoms with Gasteiger partial charge >= 0.3 is 0 Å². The Kier molecular flexibility index (Phi) is 7.12. The van der Waals surface area contributed by atoms with Crippen molar-refractivity contribution in [1.82, 2.24) is 15.0 Å². The number of halogens is 1. The fourth-order valence-electron chi connectivity index (χ4n) is 3.97. The number of nitrogens with one attached hydrogen (secondary N) is 1. The number of ether oxygens (including phenoxy) is 1. The molecule has 1 unspecified atom stereocenters. The average Bonchev–Trinajstić information content (AvgIpc) is 3.34. The molecule has 0 spiro atoms. The van der Waals surface area contributed by atoms with Gasteiger partial charge in [-0.25, -0.2) is 4.39 Å². The van der Waals surface area contributed by atoms with E-state index in [4.69, 9.17) is 9.26 Å². The van der Waals surface area contributed by atoms with E-state index in [2.05, 4.69) is 20.4 Å². The van der Waals surface area contributed by atoms with Crippen LogP contribution in [0.2, 0.25) is 0 Å². The van der Waals surface area contributed by atoms with E-state index < -0.39 is 4.92 Å². The molecule has 1 fully saturated rings. The van der Waals surface area contributed by atoms with Crippen LogP contribution in [0.25, 0.3) is 11.4 Å². The zero-order valence-electron chi connectivity index (χ0n) is 18.6. The van der Waals surface area contributed by atoms with Gasteiger partial charge in [-0.2, -0.15) is 4.98 Å². The fourth-order valence-corrected chi connectivity index (χ4v) is 3.97. The van der Waals surface area contributed by atoms with Gasteiger partial charge in [-0.15, -0.1) is 0 Å². The Morgan fingerprint density at radius 3 is 2.97 bits per heavy atom. The standard InChI is InChI=1S/C23H24FN5O5/c1-33-18-7-8-19(20(13-18)29(31)32)25-21(30)9-11-28-10-3-5-16(14-28)23-26-22(27-34-23)15-4-2-6-17(24)12-15/h2,4,6-8,12-13,16H,3,5,9-11,14H2,1H3,(H,25,30). The van der Waals surface area contributed by atoms with Gasteiger partial charge in [0.2, 0.25) is 17.6 Å². The maximum absolute atomic E-state index is 13.5. The molecular formula is C23H24FN5O5. The van der Waals surface area contributed by atoms with Gasteiger partial charge in [0.25, 0.3) is 5.69 Å². The number of hydrogen-bond donors (Lipinski definition) is 1. The molecule has 2 heterocycles. The minimum Gasteiger partial charge on any atom is -0.496 e. The van der Waals surface area contributed by atoms with Crippen LogP contribution >= 0.6 is 0 Å². The lowest BCUT2D eigenvalue weighted by Gasteiger charge is -2.30. The Labute approximate surface area is 194 Å². The van der Waals surface area contributed by atoms with Gasteiger partial charge in [-0.05, 0) is 43.7 Å². The summed E-state index contributed by atoms with van der Waals surface area (Å²) in [6, 6.07) is 10.3. The van der Waals surface area contributed by atoms with Crippen molar-refractivity contribution in [3.63, 3.8) is 0 Å². The van der Waals surface area contributed by atoms with Crippen LogP contribution in [-0.2, 0) is 4.79 Å². The largest absolute Gasteiger partial charge is 0.496 e. The second-order valence-corrected chi connectivity index (χ2v) is 8.04. The zero-order chi connectivity index (χ0) is 24.1. The number of carbonyl (C=O) groups excluding carboxylic acids is 1. The molecule has 4 rings (SSSR count). The van der Waals surface area contributed by atoms with Gasteiger partial charge in [0, 0.05) is 25.1 Å². The minimum atomic E-state index is -0.560. The number of nitrogens with zero attached hydrogens (tertiary/aromatic N) is 4. The molecule has 1 aliphatic rings. The second-order valence-electron chi connectivity index (χ2n) is 8.04. The second kappa shape index (κ2) is 10.4. The quantitative estimate of drug-likeness (QED) is 0.388. The number of likely N-dealkylation sites (tertiary alicyclic amines) is 1. The summed E-state index contributed by atoms with van der Waals surface area (Å²) in [5, 5.41) is 17.9. The lowest BCUT2D eigenvalue weighted by atomic mass is 9.98. The van der Waals surface area contributed by atoms with Gasteiger partial charge in [0.1, 0.15) is 17.3 Å². The average molecular weight is 469 g/mol. The molecule has 11 heteroatoms. The molecule has 1 saturated heterocycles. The first-order valence-corrected chi connectivity index (χ1v) is 10.9. The van der Waals surface area contributed by atoms with E-state index in [0.29, 0.717) is 36.1 Å². The third-order valence-electron chi connectivity index (χ3n) is 5.71. The first-order valence-electron chi connectivity index (χ1n) is 10.9. The van der Waals surface area contributed by atoms with Crippen molar-refractivity contribution in [1.29, 1.82) is 0 Å². The van der Waals surface area contributed by atoms with Crippen molar-refractivity contribution in [2.45, 2.75) is 25.2 Å². The van der Waals surface area contributed by atoms with Gasteiger partial charge < -0.3 is 19.5 Å². The smallest absolute Gasteiger partial charge is 0.296 e. The Morgan fingerprint density at radius 2 is 2.21 bits per heavy atom. The van der Waals surface area contributed by atoms with Crippen LogP contribution in [0.1, 0.15) is 31.1 Å². The summed E-state index contributed by atoms with van der Waals surface area (Å²) in [6.07, 6.45) is 1.94. The summed E-state index contributed by atoms with van der Waals surface area (Å²) < 4.78 is 23.9. The van der Waals surface area contributed by atoms with E-state index >= 15 is 0 Å². The molecule has 1 N–H and O–H groups in total. The molecule has 1 aliphatic heterocycles. The van der Waals surface area contributed by atoms with Crippen LogP contribution in [0.15, 0.2) is 47.0 Å². The number of amides is 1. The third kappa shape index (κ3) is 5.54. The van der Waals surface area contributed by atoms with E-state index in [1.54, 1.807) is 18.2 Å². The number of nitro benzene ring substituents is 1. The number of rotatable bonds is 8. The highest BCUT2D eigenvalue weighted by molar-refractivity contribution is 5.93. The lowest BCUT2D eigenvalue weighted by Crippen LogP contribution is -2.36. The highest BCUT2D eigenvalue weighted by Gasteiger charge is 2.27. The summed E-state index contributed by atoms with van der Waals surface area (Å²) in [7, 11) is 1.42. The molecular weight excluding hydrogens is 445 g/mol. The molecule has 1 atom stereocenters. The van der Waals surface area contributed by atoms with Gasteiger partial charge in [-0.1, -0.05) is 17.3 Å². The number of nitro groups is 1. The van der Waals surface area contributed by atoms with Crippen LogP contribution in [-0.4, -0.2) is 52.6 Å². The monoisotopic (exact) mass is 469 g/mol. The van der Waals surface area contributed by atoms with E-state index in [-0.39, 0.29) is 35.4 Å². The molecule has 2 aromatic carbocycles. The highest BCUT2D eigenvalue weighted by atomic mass is 19.1. The van der Waals surface area contributed by atoms with E-state index in [0.717, 1.165) is 19.4 Å². The number of anilines is 1. The summed E-state index contributed by atoms with van der Waals surface area (Å²) in [5.41, 5.74) is 0.450. The third-order valence-corrected chi connectivity index (χ3v) is 5.71. The Balaban J connectivity index is 1.33. The first kappa shape index (κ1) is 23.3. The SMILES string of the molecule is COc1ccc(NC(=O)CCN2CCCC(c3nc(-c4cccc(F)c4)no3)C2)c([N+](=O)[O-])c1. The maximum Gasteiger partial charge on any atom is 0.296 e. The van der Waals surface area contributed by atoms with Crippen molar-refractivity contribution in [3.05, 3.63) is 64.3 Å². The molecule has 1 aromatic heterocycles. The number of methoxy groups -OCH3 is 1. The topological polar surface area (TPSA) is 124 Å². The van der Waals surface area contributed by atoms with Crippen molar-refractivity contribution < 1.29 is 23.4 Å². The summed E-state index contributed by atoms with van der Waals surface area (Å²) in [4.78, 5) is 29.8. The maximum atomic E-state index is 13.5. The fraction of sp³-hybridized carbons (Fsp3) is 0.348. The Bertz CT molecular complexity index is 1180. The number of aromatic nitrogens is 2. The summed E-state index contributed by atoms with van der Waals surface area (Å²) in [5.74, 6) is 0.488. The van der Waals surface area contributed by atoms with Crippen LogP contribution in [0.5, 0.6) is 5.75 Å². The number of benzene rings is 2. The Hall–Kier alpha value is -3.86. The van der Waals surface area contributed by atoms with E-state index in [1.165, 1.54) is 31.4 Å². The normalized spacial score (nSPS) is 16.2. The van der Waals surface area contributed by atoms with Crippen molar-refractivity contribution in [2.24, 2.45) is 0 Å². The molecule has 0 saturated carbocycles. The van der Waals surface area contributed by atoms with Crippen molar-refractivity contribution in [2.75, 3.05) is 32.1 Å². The molecule has 0 aliphatic carbocycles. The van der Waals surface area contributed by atoms with E-state index in [1.807, 2.05) is 0 Å². The number of hydrogen-bond acceptors (Lipinski definition) is 8. The number of carbonyl (C=O) groups is 1. The summed E-state index contributed by atoms with van der Waals surface area (Å²) >= 11 is 0. The minimum absolute atomic E-state index is 0.00861. The zero-order valence-corrected chi connectivity index (χ0v) is 18.6. The molecule has 10 nitrogen and oxygen atoms in total. The predicted molar refractivity (Wildman–Crippen MR) is 121 cm³/mol. The molecule has 34 heavy (non-hydrogen) atoms.